The van der Waals surface area contributed by atoms with E-state index in [1.807, 2.05) is 0 Å². The van der Waals surface area contributed by atoms with E-state index in [0.29, 0.717) is 12.1 Å². The van der Waals surface area contributed by atoms with Crippen LogP contribution in [0.4, 0.5) is 0 Å². The molecule has 2 nitrogen and oxygen atoms in total. The summed E-state index contributed by atoms with van der Waals surface area (Å²) in [6.07, 6.45) is 2.94. The van der Waals surface area contributed by atoms with E-state index in [-0.39, 0.29) is 0 Å². The largest absolute Gasteiger partial charge is 0.378 e. The van der Waals surface area contributed by atoms with Crippen molar-refractivity contribution in [3.05, 3.63) is 0 Å². The zero-order valence-corrected chi connectivity index (χ0v) is 10.0. The second kappa shape index (κ2) is 5.72. The van der Waals surface area contributed by atoms with Crippen LogP contribution in [0.15, 0.2) is 0 Å². The molecule has 84 valence electrons. The lowest BCUT2D eigenvalue weighted by Crippen LogP contribution is -2.34. The van der Waals surface area contributed by atoms with Crippen LogP contribution in [0, 0.1) is 11.8 Å². The van der Waals surface area contributed by atoms with Gasteiger partial charge in [-0.2, -0.15) is 0 Å². The first-order chi connectivity index (χ1) is 6.59. The van der Waals surface area contributed by atoms with Gasteiger partial charge in [-0.1, -0.05) is 13.8 Å². The Morgan fingerprint density at radius 1 is 1.36 bits per heavy atom. The zero-order valence-electron chi connectivity index (χ0n) is 10.0. The van der Waals surface area contributed by atoms with Crippen molar-refractivity contribution in [1.29, 1.82) is 0 Å². The monoisotopic (exact) mass is 199 g/mol. The molecule has 0 amide bonds. The molecule has 0 aliphatic carbocycles. The number of ether oxygens (including phenoxy) is 1. The predicted molar refractivity (Wildman–Crippen MR) is 60.4 cm³/mol. The van der Waals surface area contributed by atoms with Crippen molar-refractivity contribution in [2.75, 3.05) is 13.2 Å². The minimum absolute atomic E-state index is 0.453. The van der Waals surface area contributed by atoms with Crippen LogP contribution >= 0.6 is 0 Å². The SMILES string of the molecule is CC(C)CC(C)NCC1CCOC1C. The number of hydrogen-bond acceptors (Lipinski definition) is 2. The maximum atomic E-state index is 5.54. The molecule has 0 bridgehead atoms. The highest BCUT2D eigenvalue weighted by Gasteiger charge is 2.24. The topological polar surface area (TPSA) is 21.3 Å². The molecule has 1 saturated heterocycles. The molecule has 1 heterocycles. The van der Waals surface area contributed by atoms with Gasteiger partial charge in [0.05, 0.1) is 6.10 Å². The van der Waals surface area contributed by atoms with Crippen molar-refractivity contribution in [1.82, 2.24) is 5.32 Å². The van der Waals surface area contributed by atoms with Gasteiger partial charge in [-0.05, 0) is 38.5 Å². The average molecular weight is 199 g/mol. The summed E-state index contributed by atoms with van der Waals surface area (Å²) in [7, 11) is 0. The summed E-state index contributed by atoms with van der Waals surface area (Å²) in [5, 5.41) is 3.61. The summed E-state index contributed by atoms with van der Waals surface area (Å²) in [5.74, 6) is 1.51. The van der Waals surface area contributed by atoms with Crippen LogP contribution in [0.5, 0.6) is 0 Å². The maximum absolute atomic E-state index is 5.54. The minimum Gasteiger partial charge on any atom is -0.378 e. The molecular weight excluding hydrogens is 174 g/mol. The fourth-order valence-electron chi connectivity index (χ4n) is 2.19. The van der Waals surface area contributed by atoms with E-state index in [9.17, 15) is 0 Å². The first-order valence-electron chi connectivity index (χ1n) is 5.94. The summed E-state index contributed by atoms with van der Waals surface area (Å²) >= 11 is 0. The number of nitrogens with one attached hydrogen (secondary N) is 1. The normalized spacial score (nSPS) is 29.8. The first-order valence-corrected chi connectivity index (χ1v) is 5.94. The molecule has 0 saturated carbocycles. The van der Waals surface area contributed by atoms with Gasteiger partial charge >= 0.3 is 0 Å². The Kier molecular flexibility index (Phi) is 4.90. The van der Waals surface area contributed by atoms with Crippen molar-refractivity contribution < 1.29 is 4.74 Å². The molecule has 3 unspecified atom stereocenters. The first kappa shape index (κ1) is 12.0. The summed E-state index contributed by atoms with van der Waals surface area (Å²) in [5.41, 5.74) is 0. The van der Waals surface area contributed by atoms with Crippen LogP contribution < -0.4 is 5.32 Å². The third-order valence-electron chi connectivity index (χ3n) is 3.09. The molecule has 1 N–H and O–H groups in total. The fourth-order valence-corrected chi connectivity index (χ4v) is 2.19. The Morgan fingerprint density at radius 3 is 2.57 bits per heavy atom. The molecule has 0 aromatic rings. The van der Waals surface area contributed by atoms with Gasteiger partial charge in [-0.15, -0.1) is 0 Å². The Labute approximate surface area is 88.4 Å². The Hall–Kier alpha value is -0.0800. The van der Waals surface area contributed by atoms with E-state index in [1.165, 1.54) is 12.8 Å². The highest BCUT2D eigenvalue weighted by atomic mass is 16.5. The summed E-state index contributed by atoms with van der Waals surface area (Å²) in [4.78, 5) is 0. The van der Waals surface area contributed by atoms with Crippen LogP contribution in [-0.2, 0) is 4.74 Å². The molecule has 0 spiro atoms. The minimum atomic E-state index is 0.453. The lowest BCUT2D eigenvalue weighted by Gasteiger charge is -2.20. The molecule has 1 aliphatic rings. The lowest BCUT2D eigenvalue weighted by molar-refractivity contribution is 0.105. The van der Waals surface area contributed by atoms with E-state index in [2.05, 4.69) is 33.0 Å². The highest BCUT2D eigenvalue weighted by Crippen LogP contribution is 2.19. The van der Waals surface area contributed by atoms with E-state index >= 15 is 0 Å². The van der Waals surface area contributed by atoms with Crippen molar-refractivity contribution >= 4 is 0 Å². The molecular formula is C12H25NO. The van der Waals surface area contributed by atoms with Crippen LogP contribution in [0.25, 0.3) is 0 Å². The molecule has 2 heteroatoms. The van der Waals surface area contributed by atoms with Crippen LogP contribution in [0.1, 0.15) is 40.5 Å². The fraction of sp³-hybridized carbons (Fsp3) is 1.00. The summed E-state index contributed by atoms with van der Waals surface area (Å²) in [6.45, 7) is 11.1. The van der Waals surface area contributed by atoms with Gasteiger partial charge in [0.25, 0.3) is 0 Å². The van der Waals surface area contributed by atoms with Gasteiger partial charge in [-0.25, -0.2) is 0 Å². The lowest BCUT2D eigenvalue weighted by atomic mass is 10.0. The quantitative estimate of drug-likeness (QED) is 0.734. The molecule has 0 aromatic carbocycles. The number of rotatable bonds is 5. The second-order valence-corrected chi connectivity index (χ2v) is 5.06. The smallest absolute Gasteiger partial charge is 0.0588 e. The second-order valence-electron chi connectivity index (χ2n) is 5.06. The predicted octanol–water partition coefficient (Wildman–Crippen LogP) is 2.44. The van der Waals surface area contributed by atoms with Crippen molar-refractivity contribution in [2.45, 2.75) is 52.7 Å². The van der Waals surface area contributed by atoms with Gasteiger partial charge in [-0.3, -0.25) is 0 Å². The van der Waals surface area contributed by atoms with E-state index in [1.54, 1.807) is 0 Å². The summed E-state index contributed by atoms with van der Waals surface area (Å²) in [6, 6.07) is 0.641. The van der Waals surface area contributed by atoms with Crippen molar-refractivity contribution in [3.8, 4) is 0 Å². The molecule has 1 fully saturated rings. The van der Waals surface area contributed by atoms with Gasteiger partial charge in [0, 0.05) is 19.2 Å². The number of hydrogen-bond donors (Lipinski definition) is 1. The van der Waals surface area contributed by atoms with Crippen molar-refractivity contribution in [2.24, 2.45) is 11.8 Å². The molecule has 1 aliphatic heterocycles. The zero-order chi connectivity index (χ0) is 10.6. The van der Waals surface area contributed by atoms with E-state index < -0.39 is 0 Å². The molecule has 1 rings (SSSR count). The van der Waals surface area contributed by atoms with Gasteiger partial charge in [0.15, 0.2) is 0 Å². The third-order valence-corrected chi connectivity index (χ3v) is 3.09. The van der Waals surface area contributed by atoms with E-state index in [0.717, 1.165) is 25.0 Å². The Bertz CT molecular complexity index is 158. The Balaban J connectivity index is 2.13. The average Bonchev–Trinajstić information content (AvgIpc) is 2.46. The molecule has 3 atom stereocenters. The Morgan fingerprint density at radius 2 is 2.07 bits per heavy atom. The highest BCUT2D eigenvalue weighted by molar-refractivity contribution is 4.76. The van der Waals surface area contributed by atoms with Gasteiger partial charge in [0.1, 0.15) is 0 Å². The van der Waals surface area contributed by atoms with Crippen LogP contribution in [0.2, 0.25) is 0 Å². The molecule has 0 radical (unpaired) electrons. The van der Waals surface area contributed by atoms with Gasteiger partial charge < -0.3 is 10.1 Å². The van der Waals surface area contributed by atoms with E-state index in [4.69, 9.17) is 4.74 Å². The van der Waals surface area contributed by atoms with Crippen LogP contribution in [-0.4, -0.2) is 25.3 Å². The van der Waals surface area contributed by atoms with Gasteiger partial charge in [0.2, 0.25) is 0 Å². The molecule has 14 heavy (non-hydrogen) atoms. The molecule has 0 aromatic heterocycles. The van der Waals surface area contributed by atoms with Crippen LogP contribution in [0.3, 0.4) is 0 Å². The maximum Gasteiger partial charge on any atom is 0.0588 e. The third kappa shape index (κ3) is 3.97. The summed E-state index contributed by atoms with van der Waals surface area (Å²) < 4.78 is 5.54. The standard InChI is InChI=1S/C12H25NO/c1-9(2)7-10(3)13-8-12-5-6-14-11(12)4/h9-13H,5-8H2,1-4H3. The van der Waals surface area contributed by atoms with Crippen molar-refractivity contribution in [3.63, 3.8) is 0 Å².